The van der Waals surface area contributed by atoms with Gasteiger partial charge in [0.15, 0.2) is 0 Å². The number of aryl methyl sites for hydroxylation is 4. The van der Waals surface area contributed by atoms with Crippen LogP contribution >= 0.6 is 0 Å². The summed E-state index contributed by atoms with van der Waals surface area (Å²) in [6, 6.07) is 54.7. The SMILES string of the molecule is Cc1ccccc1N1c2cc(N(c3ccccc3C(C)(C)C)c3ccccc3C(C)(C)C)cc3c2B(c2cccc(C)c21)c1cccc(C)c1N3c1ccccc1C. The Kier molecular flexibility index (Phi) is 8.96. The van der Waals surface area contributed by atoms with Crippen LogP contribution in [0.15, 0.2) is 146 Å². The smallest absolute Gasteiger partial charge is 0.252 e. The van der Waals surface area contributed by atoms with Gasteiger partial charge in [0.1, 0.15) is 0 Å². The van der Waals surface area contributed by atoms with E-state index in [2.05, 4.69) is 230 Å². The third-order valence-corrected chi connectivity index (χ3v) is 12.4. The molecule has 0 unspecified atom stereocenters. The van der Waals surface area contributed by atoms with Crippen LogP contribution in [0.25, 0.3) is 0 Å². The number of nitrogens with zero attached hydrogens (tertiary/aromatic N) is 3. The van der Waals surface area contributed by atoms with E-state index in [4.69, 9.17) is 0 Å². The van der Waals surface area contributed by atoms with E-state index in [0.717, 1.165) is 5.69 Å². The van der Waals surface area contributed by atoms with Gasteiger partial charge in [-0.25, -0.2) is 0 Å². The first kappa shape index (κ1) is 37.6. The van der Waals surface area contributed by atoms with Gasteiger partial charge in [-0.3, -0.25) is 0 Å². The van der Waals surface area contributed by atoms with Crippen molar-refractivity contribution in [2.24, 2.45) is 0 Å². The van der Waals surface area contributed by atoms with Crippen LogP contribution in [-0.2, 0) is 10.8 Å². The van der Waals surface area contributed by atoms with Gasteiger partial charge in [0, 0.05) is 45.5 Å². The summed E-state index contributed by atoms with van der Waals surface area (Å²) in [5.41, 5.74) is 22.3. The number of anilines is 9. The summed E-state index contributed by atoms with van der Waals surface area (Å²) in [6.07, 6.45) is 0. The second-order valence-corrected chi connectivity index (χ2v) is 18.5. The highest BCUT2D eigenvalue weighted by molar-refractivity contribution is 7.00. The highest BCUT2D eigenvalue weighted by atomic mass is 15.2. The predicted octanol–water partition coefficient (Wildman–Crippen LogP) is 13.1. The maximum atomic E-state index is 2.58. The van der Waals surface area contributed by atoms with Gasteiger partial charge in [-0.15, -0.1) is 0 Å². The number of rotatable bonds is 5. The molecule has 0 N–H and O–H groups in total. The van der Waals surface area contributed by atoms with Gasteiger partial charge in [0.2, 0.25) is 0 Å². The average Bonchev–Trinajstić information content (AvgIpc) is 3.19. The topological polar surface area (TPSA) is 9.72 Å². The van der Waals surface area contributed by atoms with E-state index < -0.39 is 0 Å². The molecule has 4 heteroatoms. The quantitative estimate of drug-likeness (QED) is 0.162. The fraction of sp³-hybridized carbons (Fsp3) is 0.222. The predicted molar refractivity (Wildman–Crippen MR) is 251 cm³/mol. The largest absolute Gasteiger partial charge is 0.311 e. The van der Waals surface area contributed by atoms with E-state index >= 15 is 0 Å². The third-order valence-electron chi connectivity index (χ3n) is 12.4. The Morgan fingerprint density at radius 3 is 1.21 bits per heavy atom. The Balaban J connectivity index is 1.49. The van der Waals surface area contributed by atoms with Crippen LogP contribution in [0.5, 0.6) is 0 Å². The van der Waals surface area contributed by atoms with Crippen LogP contribution in [0.3, 0.4) is 0 Å². The van der Waals surface area contributed by atoms with E-state index in [-0.39, 0.29) is 17.5 Å². The number of fused-ring (bicyclic) bond motifs is 4. The van der Waals surface area contributed by atoms with E-state index in [1.165, 1.54) is 95.3 Å². The molecule has 2 heterocycles. The maximum absolute atomic E-state index is 2.58. The van der Waals surface area contributed by atoms with E-state index in [9.17, 15) is 0 Å². The fourth-order valence-electron chi connectivity index (χ4n) is 9.71. The third kappa shape index (κ3) is 5.96. The molecule has 0 bridgehead atoms. The molecule has 7 aromatic carbocycles. The van der Waals surface area contributed by atoms with Gasteiger partial charge < -0.3 is 14.7 Å². The first-order chi connectivity index (χ1) is 27.8. The molecule has 2 aliphatic rings. The summed E-state index contributed by atoms with van der Waals surface area (Å²) in [5, 5.41) is 0. The molecule has 288 valence electrons. The molecular weight excluding hydrogens is 701 g/mol. The second-order valence-electron chi connectivity index (χ2n) is 18.5. The molecule has 58 heavy (non-hydrogen) atoms. The normalized spacial score (nSPS) is 13.2. The molecule has 2 aliphatic heterocycles. The minimum atomic E-state index is -0.106. The molecule has 7 aromatic rings. The molecule has 0 fully saturated rings. The molecule has 0 spiro atoms. The van der Waals surface area contributed by atoms with Crippen molar-refractivity contribution in [1.29, 1.82) is 0 Å². The summed E-state index contributed by atoms with van der Waals surface area (Å²) in [4.78, 5) is 7.73. The van der Waals surface area contributed by atoms with Gasteiger partial charge >= 0.3 is 0 Å². The molecule has 0 aliphatic carbocycles. The van der Waals surface area contributed by atoms with Crippen LogP contribution in [-0.4, -0.2) is 6.71 Å². The molecule has 9 rings (SSSR count). The van der Waals surface area contributed by atoms with Gasteiger partial charge in [0.25, 0.3) is 6.71 Å². The second kappa shape index (κ2) is 13.8. The molecule has 0 amide bonds. The molecule has 0 atom stereocenters. The van der Waals surface area contributed by atoms with Crippen molar-refractivity contribution in [3.8, 4) is 0 Å². The first-order valence-corrected chi connectivity index (χ1v) is 20.8. The lowest BCUT2D eigenvalue weighted by atomic mass is 9.33. The van der Waals surface area contributed by atoms with Gasteiger partial charge in [-0.05, 0) is 125 Å². The van der Waals surface area contributed by atoms with Gasteiger partial charge in [0.05, 0.1) is 5.69 Å². The van der Waals surface area contributed by atoms with E-state index in [1.807, 2.05) is 0 Å². The summed E-state index contributed by atoms with van der Waals surface area (Å²) >= 11 is 0. The summed E-state index contributed by atoms with van der Waals surface area (Å²) in [5.74, 6) is 0. The maximum Gasteiger partial charge on any atom is 0.252 e. The molecule has 0 saturated heterocycles. The highest BCUT2D eigenvalue weighted by Gasteiger charge is 2.45. The first-order valence-electron chi connectivity index (χ1n) is 20.8. The highest BCUT2D eigenvalue weighted by Crippen LogP contribution is 2.51. The molecule has 0 aromatic heterocycles. The zero-order valence-corrected chi connectivity index (χ0v) is 35.8. The Bertz CT molecular complexity index is 2550. The van der Waals surface area contributed by atoms with Crippen molar-refractivity contribution in [3.63, 3.8) is 0 Å². The van der Waals surface area contributed by atoms with Crippen molar-refractivity contribution in [3.05, 3.63) is 179 Å². The number of benzene rings is 7. The minimum absolute atomic E-state index is 0.0431. The van der Waals surface area contributed by atoms with E-state index in [1.54, 1.807) is 0 Å². The van der Waals surface area contributed by atoms with Crippen LogP contribution < -0.4 is 31.1 Å². The van der Waals surface area contributed by atoms with Crippen molar-refractivity contribution in [2.45, 2.75) is 80.1 Å². The fourth-order valence-corrected chi connectivity index (χ4v) is 9.71. The van der Waals surface area contributed by atoms with Crippen molar-refractivity contribution < 1.29 is 0 Å². The van der Waals surface area contributed by atoms with Crippen molar-refractivity contribution in [2.75, 3.05) is 14.7 Å². The van der Waals surface area contributed by atoms with Crippen molar-refractivity contribution >= 4 is 74.3 Å². The Morgan fingerprint density at radius 1 is 0.414 bits per heavy atom. The summed E-state index contributed by atoms with van der Waals surface area (Å²) in [7, 11) is 0. The number of hydrogen-bond donors (Lipinski definition) is 0. The molecule has 0 radical (unpaired) electrons. The Labute approximate surface area is 346 Å². The zero-order valence-electron chi connectivity index (χ0n) is 35.8. The lowest BCUT2D eigenvalue weighted by Gasteiger charge is -2.46. The molecular formula is C54H54BN3. The van der Waals surface area contributed by atoms with Crippen LogP contribution in [0.1, 0.15) is 74.9 Å². The van der Waals surface area contributed by atoms with Crippen LogP contribution in [0.4, 0.5) is 51.2 Å². The number of para-hydroxylation sites is 6. The van der Waals surface area contributed by atoms with E-state index in [0.29, 0.717) is 0 Å². The zero-order chi connectivity index (χ0) is 40.7. The molecule has 0 saturated carbocycles. The summed E-state index contributed by atoms with van der Waals surface area (Å²) < 4.78 is 0. The Hall–Kier alpha value is -6.00. The van der Waals surface area contributed by atoms with Crippen LogP contribution in [0.2, 0.25) is 0 Å². The summed E-state index contributed by atoms with van der Waals surface area (Å²) in [6.45, 7) is 23.1. The average molecular weight is 756 g/mol. The lowest BCUT2D eigenvalue weighted by Crippen LogP contribution is -2.61. The van der Waals surface area contributed by atoms with Crippen LogP contribution in [0, 0.1) is 27.7 Å². The van der Waals surface area contributed by atoms with Crippen molar-refractivity contribution in [1.82, 2.24) is 0 Å². The minimum Gasteiger partial charge on any atom is -0.311 e. The van der Waals surface area contributed by atoms with Gasteiger partial charge in [-0.2, -0.15) is 0 Å². The Morgan fingerprint density at radius 2 is 0.793 bits per heavy atom. The lowest BCUT2D eigenvalue weighted by molar-refractivity contribution is 0.587. The number of hydrogen-bond acceptors (Lipinski definition) is 3. The molecule has 3 nitrogen and oxygen atoms in total. The standard InChI is InChI=1S/C54H54BN3/c1-35-21-11-15-29-44(35)57-48-33-39(56(46-31-17-13-25-40(46)53(5,6)7)47-32-18-14-26-41(47)54(8,9)10)34-49-50(48)55(42-27-19-23-37(3)51(42)57)43-28-20-24-38(4)52(43)58(49)45-30-16-12-22-36(45)2/h11-34H,1-10H3. The monoisotopic (exact) mass is 755 g/mol. The van der Waals surface area contributed by atoms with Gasteiger partial charge in [-0.1, -0.05) is 151 Å².